The number of rotatable bonds is 2. The lowest BCUT2D eigenvalue weighted by Gasteiger charge is -2.35. The third kappa shape index (κ3) is 3.56. The average Bonchev–Trinajstić information content (AvgIpc) is 2.21. The summed E-state index contributed by atoms with van der Waals surface area (Å²) in [4.78, 5) is 0. The van der Waals surface area contributed by atoms with Gasteiger partial charge in [0.05, 0.1) is 10.7 Å². The van der Waals surface area contributed by atoms with E-state index in [0.29, 0.717) is 11.5 Å². The minimum Gasteiger partial charge on any atom is -0.380 e. The molecule has 1 saturated heterocycles. The Morgan fingerprint density at radius 2 is 2.18 bits per heavy atom. The highest BCUT2D eigenvalue weighted by atomic mass is 35.5. The molecule has 0 spiro atoms. The minimum atomic E-state index is 0.428. The van der Waals surface area contributed by atoms with E-state index in [9.17, 15) is 0 Å². The van der Waals surface area contributed by atoms with Crippen molar-refractivity contribution >= 4 is 29.1 Å². The molecule has 1 unspecified atom stereocenters. The second-order valence-corrected chi connectivity index (χ2v) is 7.15. The fourth-order valence-corrected chi connectivity index (χ4v) is 3.88. The van der Waals surface area contributed by atoms with E-state index < -0.39 is 0 Å². The molecule has 1 aromatic rings. The van der Waals surface area contributed by atoms with Crippen LogP contribution in [0, 0.1) is 12.3 Å². The lowest BCUT2D eigenvalue weighted by molar-refractivity contribution is 0.358. The Bertz CT molecular complexity index is 403. The molecular weight excluding hydrogens is 250 g/mol. The van der Waals surface area contributed by atoms with Gasteiger partial charge in [0.2, 0.25) is 0 Å². The molecule has 0 radical (unpaired) electrons. The predicted molar refractivity (Wildman–Crippen MR) is 79.3 cm³/mol. The highest BCUT2D eigenvalue weighted by Gasteiger charge is 2.28. The Labute approximate surface area is 113 Å². The first-order valence-corrected chi connectivity index (χ1v) is 7.60. The zero-order valence-corrected chi connectivity index (χ0v) is 12.3. The summed E-state index contributed by atoms with van der Waals surface area (Å²) in [5, 5.41) is 4.41. The van der Waals surface area contributed by atoms with Crippen LogP contribution in [-0.4, -0.2) is 17.5 Å². The molecule has 3 heteroatoms. The maximum atomic E-state index is 6.25. The van der Waals surface area contributed by atoms with Gasteiger partial charge in [0, 0.05) is 11.8 Å². The van der Waals surface area contributed by atoms with Crippen molar-refractivity contribution in [2.75, 3.05) is 16.8 Å². The third-order valence-electron chi connectivity index (χ3n) is 3.10. The van der Waals surface area contributed by atoms with Crippen molar-refractivity contribution in [1.82, 2.24) is 0 Å². The molecular formula is C14H20ClNS. The van der Waals surface area contributed by atoms with E-state index >= 15 is 0 Å². The molecule has 94 valence electrons. The van der Waals surface area contributed by atoms with Crippen LogP contribution in [0.3, 0.4) is 0 Å². The van der Waals surface area contributed by atoms with E-state index in [1.165, 1.54) is 23.5 Å². The first-order chi connectivity index (χ1) is 7.96. The van der Waals surface area contributed by atoms with Crippen LogP contribution in [0.5, 0.6) is 0 Å². The van der Waals surface area contributed by atoms with Crippen molar-refractivity contribution in [1.29, 1.82) is 0 Å². The molecule has 1 atom stereocenters. The smallest absolute Gasteiger partial charge is 0.0640 e. The Morgan fingerprint density at radius 1 is 1.41 bits per heavy atom. The summed E-state index contributed by atoms with van der Waals surface area (Å²) in [6.45, 7) is 6.74. The fraction of sp³-hybridized carbons (Fsp3) is 0.571. The minimum absolute atomic E-state index is 0.428. The zero-order chi connectivity index (χ0) is 12.5. The van der Waals surface area contributed by atoms with Crippen LogP contribution in [-0.2, 0) is 0 Å². The standard InChI is InChI=1S/C14H20ClNS/c1-10-4-5-13(12(15)6-10)16-11-7-14(2,3)9-17-8-11/h4-6,11,16H,7-9H2,1-3H3. The van der Waals surface area contributed by atoms with E-state index in [1.54, 1.807) is 0 Å². The summed E-state index contributed by atoms with van der Waals surface area (Å²) in [6.07, 6.45) is 1.21. The summed E-state index contributed by atoms with van der Waals surface area (Å²) < 4.78 is 0. The van der Waals surface area contributed by atoms with Crippen molar-refractivity contribution in [2.24, 2.45) is 5.41 Å². The largest absolute Gasteiger partial charge is 0.380 e. The van der Waals surface area contributed by atoms with Crippen LogP contribution < -0.4 is 5.32 Å². The second-order valence-electron chi connectivity index (χ2n) is 5.71. The van der Waals surface area contributed by atoms with Gasteiger partial charge in [-0.25, -0.2) is 0 Å². The quantitative estimate of drug-likeness (QED) is 0.843. The van der Waals surface area contributed by atoms with E-state index in [4.69, 9.17) is 11.6 Å². The lowest BCUT2D eigenvalue weighted by atomic mass is 9.88. The third-order valence-corrected chi connectivity index (χ3v) is 5.03. The molecule has 1 fully saturated rings. The van der Waals surface area contributed by atoms with Crippen LogP contribution in [0.4, 0.5) is 5.69 Å². The van der Waals surface area contributed by atoms with Crippen LogP contribution >= 0.6 is 23.4 Å². The SMILES string of the molecule is Cc1ccc(NC2CSCC(C)(C)C2)c(Cl)c1. The first kappa shape index (κ1) is 13.1. The average molecular weight is 270 g/mol. The highest BCUT2D eigenvalue weighted by Crippen LogP contribution is 2.35. The van der Waals surface area contributed by atoms with Gasteiger partial charge < -0.3 is 5.32 Å². The molecule has 1 aliphatic heterocycles. The molecule has 1 nitrogen and oxygen atoms in total. The Hall–Kier alpha value is -0.340. The molecule has 1 heterocycles. The summed E-state index contributed by atoms with van der Waals surface area (Å²) in [5.41, 5.74) is 2.71. The molecule has 0 saturated carbocycles. The van der Waals surface area contributed by atoms with Gasteiger partial charge in [-0.15, -0.1) is 0 Å². The first-order valence-electron chi connectivity index (χ1n) is 6.07. The van der Waals surface area contributed by atoms with Crippen LogP contribution in [0.1, 0.15) is 25.8 Å². The normalized spacial score (nSPS) is 23.4. The van der Waals surface area contributed by atoms with Crippen LogP contribution in [0.2, 0.25) is 5.02 Å². The molecule has 0 aromatic heterocycles. The van der Waals surface area contributed by atoms with Gasteiger partial charge in [0.15, 0.2) is 0 Å². The molecule has 0 aliphatic carbocycles. The van der Waals surface area contributed by atoms with Gasteiger partial charge >= 0.3 is 0 Å². The highest BCUT2D eigenvalue weighted by molar-refractivity contribution is 7.99. The van der Waals surface area contributed by atoms with Gasteiger partial charge in [-0.05, 0) is 42.2 Å². The van der Waals surface area contributed by atoms with Crippen molar-refractivity contribution in [3.8, 4) is 0 Å². The van der Waals surface area contributed by atoms with Gasteiger partial charge in [-0.3, -0.25) is 0 Å². The van der Waals surface area contributed by atoms with Gasteiger partial charge in [-0.2, -0.15) is 11.8 Å². The van der Waals surface area contributed by atoms with Gasteiger partial charge in [-0.1, -0.05) is 31.5 Å². The molecule has 2 rings (SSSR count). The summed E-state index contributed by atoms with van der Waals surface area (Å²) in [5.74, 6) is 2.43. The lowest BCUT2D eigenvalue weighted by Crippen LogP contribution is -2.35. The fourth-order valence-electron chi connectivity index (χ4n) is 2.31. The van der Waals surface area contributed by atoms with Crippen LogP contribution in [0.25, 0.3) is 0 Å². The van der Waals surface area contributed by atoms with E-state index in [2.05, 4.69) is 38.2 Å². The maximum Gasteiger partial charge on any atom is 0.0640 e. The van der Waals surface area contributed by atoms with E-state index in [0.717, 1.165) is 10.7 Å². The number of halogens is 1. The molecule has 1 aliphatic rings. The predicted octanol–water partition coefficient (Wildman–Crippen LogP) is 4.59. The van der Waals surface area contributed by atoms with E-state index in [1.807, 2.05) is 17.8 Å². The van der Waals surface area contributed by atoms with Crippen molar-refractivity contribution < 1.29 is 0 Å². The molecule has 0 bridgehead atoms. The van der Waals surface area contributed by atoms with E-state index in [-0.39, 0.29) is 0 Å². The Morgan fingerprint density at radius 3 is 2.82 bits per heavy atom. The topological polar surface area (TPSA) is 12.0 Å². The second kappa shape index (κ2) is 5.11. The zero-order valence-electron chi connectivity index (χ0n) is 10.7. The number of nitrogens with one attached hydrogen (secondary N) is 1. The van der Waals surface area contributed by atoms with Gasteiger partial charge in [0.1, 0.15) is 0 Å². The summed E-state index contributed by atoms with van der Waals surface area (Å²) in [6, 6.07) is 6.74. The number of hydrogen-bond donors (Lipinski definition) is 1. The Kier molecular flexibility index (Phi) is 3.94. The van der Waals surface area contributed by atoms with Crippen LogP contribution in [0.15, 0.2) is 18.2 Å². The van der Waals surface area contributed by atoms with Crippen molar-refractivity contribution in [3.05, 3.63) is 28.8 Å². The van der Waals surface area contributed by atoms with Gasteiger partial charge in [0.25, 0.3) is 0 Å². The summed E-state index contributed by atoms with van der Waals surface area (Å²) >= 11 is 8.28. The molecule has 0 amide bonds. The molecule has 1 aromatic carbocycles. The number of hydrogen-bond acceptors (Lipinski definition) is 2. The number of thioether (sulfide) groups is 1. The number of aryl methyl sites for hydroxylation is 1. The number of benzene rings is 1. The Balaban J connectivity index is 2.05. The number of anilines is 1. The maximum absolute atomic E-state index is 6.25. The molecule has 17 heavy (non-hydrogen) atoms. The molecule has 1 N–H and O–H groups in total. The monoisotopic (exact) mass is 269 g/mol. The van der Waals surface area contributed by atoms with Crippen molar-refractivity contribution in [3.63, 3.8) is 0 Å². The van der Waals surface area contributed by atoms with Crippen molar-refractivity contribution in [2.45, 2.75) is 33.2 Å². The summed E-state index contributed by atoms with van der Waals surface area (Å²) in [7, 11) is 0.